The molecule has 0 bridgehead atoms. The second-order valence-corrected chi connectivity index (χ2v) is 3.70. The average Bonchev–Trinajstić information content (AvgIpc) is 2.30. The minimum absolute atomic E-state index is 0.331. The lowest BCUT2D eigenvalue weighted by Crippen LogP contribution is -2.05. The van der Waals surface area contributed by atoms with Crippen LogP contribution in [0.3, 0.4) is 0 Å². The van der Waals surface area contributed by atoms with Crippen molar-refractivity contribution in [2.45, 2.75) is 13.5 Å². The summed E-state index contributed by atoms with van der Waals surface area (Å²) in [5, 5.41) is 3.97. The smallest absolute Gasteiger partial charge is 0.166 e. The van der Waals surface area contributed by atoms with Crippen molar-refractivity contribution in [1.29, 1.82) is 0 Å². The van der Waals surface area contributed by atoms with E-state index >= 15 is 0 Å². The molecule has 0 amide bonds. The number of rotatable bonds is 3. The predicted molar refractivity (Wildman–Crippen MR) is 47.6 cm³/mol. The number of hydrogen-bond acceptors (Lipinski definition) is 4. The van der Waals surface area contributed by atoms with Crippen molar-refractivity contribution < 1.29 is 9.79 Å². The number of nitrogens with zero attached hydrogens (tertiary/aromatic N) is 2. The van der Waals surface area contributed by atoms with Crippen LogP contribution in [0.25, 0.3) is 0 Å². The summed E-state index contributed by atoms with van der Waals surface area (Å²) in [4.78, 5) is 17.3. The van der Waals surface area contributed by atoms with Crippen LogP contribution in [0.4, 0.5) is 5.69 Å². The van der Waals surface area contributed by atoms with Crippen molar-refractivity contribution in [1.82, 2.24) is 9.78 Å². The number of aryl methyl sites for hydroxylation is 1. The number of nitrogens with two attached hydrogens (primary N) is 1. The van der Waals surface area contributed by atoms with Crippen LogP contribution in [0.2, 0.25) is 0 Å². The summed E-state index contributed by atoms with van der Waals surface area (Å²) in [7, 11) is -1.83. The molecule has 4 N–H and O–H groups in total. The molecular weight excluding hydrogens is 177 g/mol. The number of hydrogen-bond donors (Lipinski definition) is 3. The standard InChI is InChI=1S/C6H12N3O2P/c1-5-6(7)4-8-9(5)2-3-12(10)11/h4,10-11H,2-3,7H2,1H3. The van der Waals surface area contributed by atoms with Gasteiger partial charge in [0.15, 0.2) is 8.38 Å². The van der Waals surface area contributed by atoms with E-state index < -0.39 is 8.38 Å². The fourth-order valence-electron chi connectivity index (χ4n) is 0.871. The highest BCUT2D eigenvalue weighted by atomic mass is 31.2. The maximum absolute atomic E-state index is 8.66. The van der Waals surface area contributed by atoms with Gasteiger partial charge in [0.05, 0.1) is 17.6 Å². The quantitative estimate of drug-likeness (QED) is 0.587. The second-order valence-electron chi connectivity index (χ2n) is 2.50. The van der Waals surface area contributed by atoms with Crippen molar-refractivity contribution in [3.8, 4) is 0 Å². The molecule has 0 aliphatic rings. The molecule has 5 nitrogen and oxygen atoms in total. The summed E-state index contributed by atoms with van der Waals surface area (Å²) in [5.74, 6) is 0. The zero-order chi connectivity index (χ0) is 9.14. The molecule has 0 aromatic carbocycles. The summed E-state index contributed by atoms with van der Waals surface area (Å²) in [5.41, 5.74) is 7.05. The van der Waals surface area contributed by atoms with Gasteiger partial charge in [0.25, 0.3) is 0 Å². The molecule has 12 heavy (non-hydrogen) atoms. The van der Waals surface area contributed by atoms with E-state index in [9.17, 15) is 0 Å². The Labute approximate surface area is 71.7 Å². The average molecular weight is 189 g/mol. The fourth-order valence-corrected chi connectivity index (χ4v) is 1.24. The second kappa shape index (κ2) is 3.85. The first-order chi connectivity index (χ1) is 5.61. The third-order valence-corrected chi connectivity index (χ3v) is 2.25. The highest BCUT2D eigenvalue weighted by molar-refractivity contribution is 7.45. The lowest BCUT2D eigenvalue weighted by molar-refractivity contribution is 0.473. The zero-order valence-corrected chi connectivity index (χ0v) is 7.70. The largest absolute Gasteiger partial charge is 0.396 e. The van der Waals surface area contributed by atoms with Gasteiger partial charge in [-0.15, -0.1) is 0 Å². The first kappa shape index (κ1) is 9.45. The van der Waals surface area contributed by atoms with Crippen LogP contribution in [-0.2, 0) is 6.54 Å². The first-order valence-electron chi connectivity index (χ1n) is 3.54. The van der Waals surface area contributed by atoms with Gasteiger partial charge in [-0.05, 0) is 6.92 Å². The monoisotopic (exact) mass is 189 g/mol. The molecule has 0 fully saturated rings. The molecule has 0 saturated carbocycles. The highest BCUT2D eigenvalue weighted by Crippen LogP contribution is 2.22. The Hall–Kier alpha value is -0.640. The fraction of sp³-hybridized carbons (Fsp3) is 0.500. The van der Waals surface area contributed by atoms with Gasteiger partial charge in [0, 0.05) is 12.7 Å². The molecule has 0 radical (unpaired) electrons. The van der Waals surface area contributed by atoms with Gasteiger partial charge in [-0.3, -0.25) is 4.68 Å². The molecule has 1 aromatic heterocycles. The molecule has 0 aliphatic heterocycles. The number of anilines is 1. The van der Waals surface area contributed by atoms with E-state index in [2.05, 4.69) is 5.10 Å². The predicted octanol–water partition coefficient (Wildman–Crippen LogP) is 0.0702. The lowest BCUT2D eigenvalue weighted by atomic mass is 10.4. The molecule has 1 rings (SSSR count). The van der Waals surface area contributed by atoms with Crippen molar-refractivity contribution in [3.63, 3.8) is 0 Å². The van der Waals surface area contributed by atoms with Crippen LogP contribution in [0.1, 0.15) is 5.69 Å². The van der Waals surface area contributed by atoms with E-state index in [1.807, 2.05) is 6.92 Å². The van der Waals surface area contributed by atoms with Crippen LogP contribution >= 0.6 is 8.38 Å². The zero-order valence-electron chi connectivity index (χ0n) is 6.80. The summed E-state index contributed by atoms with van der Waals surface area (Å²) in [6.45, 7) is 2.35. The summed E-state index contributed by atoms with van der Waals surface area (Å²) in [6.07, 6.45) is 1.89. The Morgan fingerprint density at radius 2 is 2.33 bits per heavy atom. The van der Waals surface area contributed by atoms with Gasteiger partial charge >= 0.3 is 0 Å². The van der Waals surface area contributed by atoms with Crippen molar-refractivity contribution in [2.75, 3.05) is 11.9 Å². The normalized spacial score (nSPS) is 11.0. The Kier molecular flexibility index (Phi) is 3.03. The van der Waals surface area contributed by atoms with Crippen molar-refractivity contribution in [3.05, 3.63) is 11.9 Å². The van der Waals surface area contributed by atoms with Crippen molar-refractivity contribution >= 4 is 14.1 Å². The molecule has 0 saturated heterocycles. The van der Waals surface area contributed by atoms with E-state index in [0.717, 1.165) is 5.69 Å². The molecule has 0 aliphatic carbocycles. The summed E-state index contributed by atoms with van der Waals surface area (Å²) in [6, 6.07) is 0. The third kappa shape index (κ3) is 2.17. The maximum atomic E-state index is 8.66. The van der Waals surface area contributed by atoms with E-state index in [0.29, 0.717) is 18.4 Å². The lowest BCUT2D eigenvalue weighted by Gasteiger charge is -2.04. The van der Waals surface area contributed by atoms with Gasteiger partial charge in [-0.2, -0.15) is 5.10 Å². The number of aromatic nitrogens is 2. The van der Waals surface area contributed by atoms with E-state index in [4.69, 9.17) is 15.5 Å². The first-order valence-corrected chi connectivity index (χ1v) is 4.97. The minimum Gasteiger partial charge on any atom is -0.396 e. The van der Waals surface area contributed by atoms with Gasteiger partial charge in [0.1, 0.15) is 0 Å². The van der Waals surface area contributed by atoms with Crippen LogP contribution in [0.15, 0.2) is 6.20 Å². The third-order valence-electron chi connectivity index (χ3n) is 1.65. The van der Waals surface area contributed by atoms with Gasteiger partial charge < -0.3 is 15.5 Å². The molecular formula is C6H12N3O2P. The molecule has 6 heteroatoms. The van der Waals surface area contributed by atoms with E-state index in [-0.39, 0.29) is 0 Å². The van der Waals surface area contributed by atoms with Crippen LogP contribution in [0.5, 0.6) is 0 Å². The Morgan fingerprint density at radius 3 is 2.75 bits per heavy atom. The minimum atomic E-state index is -1.83. The Morgan fingerprint density at radius 1 is 1.67 bits per heavy atom. The van der Waals surface area contributed by atoms with Gasteiger partial charge in [-0.1, -0.05) is 0 Å². The molecule has 68 valence electrons. The molecule has 0 atom stereocenters. The summed E-state index contributed by atoms with van der Waals surface area (Å²) >= 11 is 0. The van der Waals surface area contributed by atoms with Crippen molar-refractivity contribution in [2.24, 2.45) is 0 Å². The highest BCUT2D eigenvalue weighted by Gasteiger charge is 2.04. The summed E-state index contributed by atoms with van der Waals surface area (Å²) < 4.78 is 1.66. The topological polar surface area (TPSA) is 84.3 Å². The van der Waals surface area contributed by atoms with E-state index in [1.54, 1.807) is 10.9 Å². The molecule has 0 spiro atoms. The van der Waals surface area contributed by atoms with Gasteiger partial charge in [-0.25, -0.2) is 0 Å². The molecule has 0 unspecified atom stereocenters. The SMILES string of the molecule is Cc1c(N)cnn1CCP(O)O. The Bertz CT molecular complexity index is 261. The maximum Gasteiger partial charge on any atom is 0.166 e. The Balaban J connectivity index is 2.58. The van der Waals surface area contributed by atoms with Crippen LogP contribution < -0.4 is 5.73 Å². The molecule has 1 heterocycles. The van der Waals surface area contributed by atoms with Crippen LogP contribution in [-0.4, -0.2) is 25.7 Å². The number of nitrogen functional groups attached to an aromatic ring is 1. The molecule has 1 aromatic rings. The van der Waals surface area contributed by atoms with E-state index in [1.165, 1.54) is 0 Å². The van der Waals surface area contributed by atoms with Gasteiger partial charge in [0.2, 0.25) is 0 Å². The van der Waals surface area contributed by atoms with Crippen LogP contribution in [0, 0.1) is 6.92 Å².